The minimum absolute atomic E-state index is 0.0874. The number of H-pyrrole nitrogens is 1. The second kappa shape index (κ2) is 9.60. The molecule has 1 aliphatic rings. The predicted molar refractivity (Wildman–Crippen MR) is 138 cm³/mol. The topological polar surface area (TPSA) is 164 Å². The summed E-state index contributed by atoms with van der Waals surface area (Å²) in [5, 5.41) is 21.9. The number of aromatic carboxylic acids is 1. The van der Waals surface area contributed by atoms with Crippen LogP contribution in [0.3, 0.4) is 0 Å². The highest BCUT2D eigenvalue weighted by Crippen LogP contribution is 2.41. The van der Waals surface area contributed by atoms with Crippen LogP contribution in [0.25, 0.3) is 22.4 Å². The molecule has 0 fully saturated rings. The first-order chi connectivity index (χ1) is 17.8. The number of benzene rings is 1. The number of hydrogen-bond acceptors (Lipinski definition) is 7. The van der Waals surface area contributed by atoms with E-state index in [9.17, 15) is 14.7 Å². The van der Waals surface area contributed by atoms with Crippen molar-refractivity contribution in [3.63, 3.8) is 0 Å². The number of nitrogens with one attached hydrogen (secondary N) is 3. The zero-order chi connectivity index (χ0) is 26.3. The van der Waals surface area contributed by atoms with Crippen LogP contribution in [0.15, 0.2) is 58.8 Å². The molecule has 0 bridgehead atoms. The summed E-state index contributed by atoms with van der Waals surface area (Å²) < 4.78 is 1.59. The van der Waals surface area contributed by atoms with Crippen LogP contribution in [0.2, 0.25) is 10.0 Å². The van der Waals surface area contributed by atoms with Gasteiger partial charge >= 0.3 is 5.97 Å². The molecular weight excluding hydrogens is 519 g/mol. The van der Waals surface area contributed by atoms with Crippen molar-refractivity contribution in [2.45, 2.75) is 18.9 Å². The van der Waals surface area contributed by atoms with Gasteiger partial charge in [-0.05, 0) is 43.2 Å². The van der Waals surface area contributed by atoms with Gasteiger partial charge in [0.2, 0.25) is 0 Å². The number of aromatic amines is 1. The number of carboxylic acids is 1. The Morgan fingerprint density at radius 1 is 1.22 bits per heavy atom. The van der Waals surface area contributed by atoms with Gasteiger partial charge in [0, 0.05) is 39.7 Å². The molecule has 5 rings (SSSR count). The number of carboxylic acid groups (broad SMARTS) is 1. The first-order valence-electron chi connectivity index (χ1n) is 11.0. The first-order valence-corrected chi connectivity index (χ1v) is 11.7. The molecule has 1 aliphatic heterocycles. The maximum absolute atomic E-state index is 13.4. The van der Waals surface area contributed by atoms with E-state index in [0.717, 1.165) is 11.3 Å². The van der Waals surface area contributed by atoms with Crippen LogP contribution in [-0.2, 0) is 6.42 Å². The second-order valence-electron chi connectivity index (χ2n) is 8.23. The molecule has 4 heterocycles. The summed E-state index contributed by atoms with van der Waals surface area (Å²) in [7, 11) is 0. The molecule has 37 heavy (non-hydrogen) atoms. The van der Waals surface area contributed by atoms with Gasteiger partial charge in [0.15, 0.2) is 0 Å². The van der Waals surface area contributed by atoms with E-state index in [0.29, 0.717) is 62.5 Å². The van der Waals surface area contributed by atoms with E-state index in [-0.39, 0.29) is 11.3 Å². The number of fused-ring (bicyclic) bond motifs is 1. The second-order valence-corrected chi connectivity index (χ2v) is 9.05. The normalized spacial score (nSPS) is 14.3. The minimum Gasteiger partial charge on any atom is -0.477 e. The number of rotatable bonds is 7. The maximum atomic E-state index is 13.4. The molecular formula is C24H18Cl2N8O3. The molecule has 0 spiro atoms. The molecule has 13 heteroatoms. The third-order valence-corrected chi connectivity index (χ3v) is 6.84. The molecule has 4 N–H and O–H groups in total. The lowest BCUT2D eigenvalue weighted by Gasteiger charge is -2.19. The lowest BCUT2D eigenvalue weighted by Crippen LogP contribution is -2.24. The van der Waals surface area contributed by atoms with Crippen LogP contribution in [0.1, 0.15) is 34.5 Å². The Morgan fingerprint density at radius 3 is 2.76 bits per heavy atom. The van der Waals surface area contributed by atoms with E-state index in [4.69, 9.17) is 34.1 Å². The molecule has 0 aliphatic carbocycles. The van der Waals surface area contributed by atoms with Gasteiger partial charge in [-0.25, -0.2) is 19.8 Å². The molecule has 0 saturated carbocycles. The molecule has 0 radical (unpaired) electrons. The highest BCUT2D eigenvalue weighted by atomic mass is 35.5. The zero-order valence-electron chi connectivity index (χ0n) is 18.9. The average molecular weight is 537 g/mol. The van der Waals surface area contributed by atoms with Gasteiger partial charge in [-0.2, -0.15) is 5.53 Å². The summed E-state index contributed by atoms with van der Waals surface area (Å²) in [6.45, 7) is 0. The van der Waals surface area contributed by atoms with E-state index in [1.807, 2.05) is 0 Å². The summed E-state index contributed by atoms with van der Waals surface area (Å²) in [4.78, 5) is 36.1. The lowest BCUT2D eigenvalue weighted by atomic mass is 10.0. The lowest BCUT2D eigenvalue weighted by molar-refractivity contribution is 0.0690. The van der Waals surface area contributed by atoms with E-state index in [2.05, 4.69) is 20.2 Å². The van der Waals surface area contributed by atoms with Crippen LogP contribution in [0, 0.1) is 10.9 Å². The third kappa shape index (κ3) is 4.28. The Balaban J connectivity index is 1.57. The van der Waals surface area contributed by atoms with E-state index < -0.39 is 12.0 Å². The number of halogens is 2. The summed E-state index contributed by atoms with van der Waals surface area (Å²) in [5.74, 6) is -0.592. The Morgan fingerprint density at radius 2 is 2.03 bits per heavy atom. The molecule has 0 amide bonds. The summed E-state index contributed by atoms with van der Waals surface area (Å²) in [6, 6.07) is 8.93. The first kappa shape index (κ1) is 24.3. The van der Waals surface area contributed by atoms with Crippen molar-refractivity contribution >= 4 is 41.2 Å². The van der Waals surface area contributed by atoms with Gasteiger partial charge < -0.3 is 14.7 Å². The van der Waals surface area contributed by atoms with Gasteiger partial charge in [-0.1, -0.05) is 28.4 Å². The van der Waals surface area contributed by atoms with Crippen LogP contribution >= 0.6 is 23.2 Å². The van der Waals surface area contributed by atoms with Crippen molar-refractivity contribution in [3.05, 3.63) is 86.4 Å². The van der Waals surface area contributed by atoms with Crippen molar-refractivity contribution in [1.82, 2.24) is 19.5 Å². The van der Waals surface area contributed by atoms with Gasteiger partial charge in [0.05, 0.1) is 28.6 Å². The summed E-state index contributed by atoms with van der Waals surface area (Å²) in [5.41, 5.74) is 10.1. The Hall–Kier alpha value is -4.35. The average Bonchev–Trinajstić information content (AvgIpc) is 3.56. The molecule has 0 saturated heterocycles. The van der Waals surface area contributed by atoms with E-state index >= 15 is 0 Å². The van der Waals surface area contributed by atoms with Crippen molar-refractivity contribution in [2.75, 3.05) is 5.01 Å². The number of hydrogen-bond donors (Lipinski definition) is 4. The number of aromatic nitrogens is 4. The number of carbonyl (C=O) groups is 1. The summed E-state index contributed by atoms with van der Waals surface area (Å²) in [6.07, 6.45) is 4.95. The van der Waals surface area contributed by atoms with Crippen LogP contribution in [0.5, 0.6) is 0 Å². The Kier molecular flexibility index (Phi) is 6.32. The predicted octanol–water partition coefficient (Wildman–Crippen LogP) is 5.20. The smallest absolute Gasteiger partial charge is 0.354 e. The fourth-order valence-electron chi connectivity index (χ4n) is 4.52. The van der Waals surface area contributed by atoms with Crippen molar-refractivity contribution in [1.29, 1.82) is 10.9 Å². The van der Waals surface area contributed by atoms with Crippen molar-refractivity contribution < 1.29 is 9.90 Å². The minimum atomic E-state index is -1.13. The van der Waals surface area contributed by atoms with Crippen LogP contribution < -0.4 is 10.6 Å². The fraction of sp³-hybridized carbons (Fsp3) is 0.125. The van der Waals surface area contributed by atoms with E-state index in [1.165, 1.54) is 18.3 Å². The van der Waals surface area contributed by atoms with Gasteiger partial charge in [-0.15, -0.1) is 0 Å². The number of imidazole rings is 1. The van der Waals surface area contributed by atoms with Crippen LogP contribution in [-0.4, -0.2) is 36.9 Å². The largest absolute Gasteiger partial charge is 0.477 e. The van der Waals surface area contributed by atoms with E-state index in [1.54, 1.807) is 35.0 Å². The van der Waals surface area contributed by atoms with Crippen molar-refractivity contribution in [3.8, 4) is 22.4 Å². The highest BCUT2D eigenvalue weighted by Gasteiger charge is 2.31. The molecule has 186 valence electrons. The third-order valence-electron chi connectivity index (χ3n) is 6.18. The molecule has 3 aromatic heterocycles. The number of pyridine rings is 2. The van der Waals surface area contributed by atoms with Crippen molar-refractivity contribution in [2.24, 2.45) is 5.22 Å². The zero-order valence-corrected chi connectivity index (χ0v) is 20.5. The van der Waals surface area contributed by atoms with Gasteiger partial charge in [0.25, 0.3) is 5.56 Å². The monoisotopic (exact) mass is 536 g/mol. The Bertz CT molecular complexity index is 1620. The molecule has 1 atom stereocenters. The summed E-state index contributed by atoms with van der Waals surface area (Å²) >= 11 is 13.0. The molecule has 4 aromatic rings. The standard InChI is InChI=1S/C24H18Cl2N8O3/c25-13-1-2-18(33(11-27)32-28)14(8-13)15-9-21(35)34-19(22(15)26)3-4-20(34)23-30-10-17(31-23)12-5-6-29-16(7-12)24(36)37/h1-2,5-11,20,27-28H,3-4H2,(H,30,31)(H,36,37)/t20-/m0/s1. The number of nitrogens with zero attached hydrogens (tertiary/aromatic N) is 5. The maximum Gasteiger partial charge on any atom is 0.354 e. The highest BCUT2D eigenvalue weighted by molar-refractivity contribution is 6.34. The van der Waals surface area contributed by atoms with Crippen LogP contribution in [0.4, 0.5) is 5.69 Å². The fourth-order valence-corrected chi connectivity index (χ4v) is 5.04. The quantitative estimate of drug-likeness (QED) is 0.110. The van der Waals surface area contributed by atoms with Gasteiger partial charge in [-0.3, -0.25) is 10.2 Å². The molecule has 11 nitrogen and oxygen atoms in total. The molecule has 0 unspecified atom stereocenters. The SMILES string of the molecule is N=CN(N=N)c1ccc(Cl)cc1-c1cc(=O)n2c(c1Cl)CC[C@H]2c1ncc(-c2ccnc(C(=O)O)c2)[nH]1. The van der Waals surface area contributed by atoms with Gasteiger partial charge in [0.1, 0.15) is 17.9 Å². The number of anilines is 1. The Labute approximate surface area is 219 Å². The molecule has 1 aromatic carbocycles.